The van der Waals surface area contributed by atoms with Crippen molar-refractivity contribution >= 4 is 6.16 Å². The van der Waals surface area contributed by atoms with Crippen LogP contribution in [0.1, 0.15) is 80.1 Å². The van der Waals surface area contributed by atoms with Gasteiger partial charge in [-0.3, -0.25) is 0 Å². The molecule has 0 heterocycles. The number of rotatable bonds is 10. The van der Waals surface area contributed by atoms with Crippen LogP contribution in [0.3, 0.4) is 0 Å². The molecular formula is C17H34O3. The summed E-state index contributed by atoms with van der Waals surface area (Å²) in [5.74, 6) is 0. The molecule has 0 saturated carbocycles. The van der Waals surface area contributed by atoms with Crippen LogP contribution in [0.4, 0.5) is 4.79 Å². The van der Waals surface area contributed by atoms with Crippen LogP contribution in [0.2, 0.25) is 0 Å². The summed E-state index contributed by atoms with van der Waals surface area (Å²) in [6, 6.07) is 0. The van der Waals surface area contributed by atoms with Gasteiger partial charge >= 0.3 is 6.16 Å². The largest absolute Gasteiger partial charge is 0.508 e. The van der Waals surface area contributed by atoms with Crippen LogP contribution >= 0.6 is 0 Å². The van der Waals surface area contributed by atoms with Crippen LogP contribution in [0, 0.1) is 10.8 Å². The van der Waals surface area contributed by atoms with E-state index in [1.54, 1.807) is 0 Å². The summed E-state index contributed by atoms with van der Waals surface area (Å²) < 4.78 is 10.5. The van der Waals surface area contributed by atoms with E-state index in [2.05, 4.69) is 41.5 Å². The van der Waals surface area contributed by atoms with Gasteiger partial charge in [-0.05, 0) is 23.7 Å². The Kier molecular flexibility index (Phi) is 8.91. The Morgan fingerprint density at radius 2 is 1.15 bits per heavy atom. The van der Waals surface area contributed by atoms with Crippen LogP contribution in [0.5, 0.6) is 0 Å². The zero-order chi connectivity index (χ0) is 15.6. The third-order valence-electron chi connectivity index (χ3n) is 3.58. The molecule has 0 bridgehead atoms. The van der Waals surface area contributed by atoms with Gasteiger partial charge in [0, 0.05) is 0 Å². The molecule has 0 amide bonds. The van der Waals surface area contributed by atoms with Crippen molar-refractivity contribution in [2.24, 2.45) is 10.8 Å². The number of ether oxygens (including phenoxy) is 2. The molecule has 20 heavy (non-hydrogen) atoms. The summed E-state index contributed by atoms with van der Waals surface area (Å²) in [6.45, 7) is 13.7. The van der Waals surface area contributed by atoms with E-state index < -0.39 is 6.16 Å². The minimum Gasteiger partial charge on any atom is -0.434 e. The Morgan fingerprint density at radius 1 is 0.800 bits per heavy atom. The lowest BCUT2D eigenvalue weighted by Gasteiger charge is -2.26. The van der Waals surface area contributed by atoms with Crippen LogP contribution in [-0.4, -0.2) is 19.4 Å². The summed E-state index contributed by atoms with van der Waals surface area (Å²) >= 11 is 0. The SMILES string of the molecule is CCCCC(C)(C)COC(=O)OCC(C)(C)CCCC. The van der Waals surface area contributed by atoms with E-state index in [0.717, 1.165) is 25.7 Å². The van der Waals surface area contributed by atoms with Crippen LogP contribution in [0.25, 0.3) is 0 Å². The van der Waals surface area contributed by atoms with E-state index in [9.17, 15) is 4.79 Å². The van der Waals surface area contributed by atoms with Gasteiger partial charge in [-0.2, -0.15) is 0 Å². The summed E-state index contributed by atoms with van der Waals surface area (Å²) in [5, 5.41) is 0. The Balaban J connectivity index is 3.94. The van der Waals surface area contributed by atoms with Crippen molar-refractivity contribution in [3.63, 3.8) is 0 Å². The molecule has 0 aromatic heterocycles. The van der Waals surface area contributed by atoms with Gasteiger partial charge in [-0.25, -0.2) is 4.79 Å². The fraction of sp³-hybridized carbons (Fsp3) is 0.941. The molecule has 0 aliphatic carbocycles. The topological polar surface area (TPSA) is 35.5 Å². The highest BCUT2D eigenvalue weighted by Gasteiger charge is 2.23. The highest BCUT2D eigenvalue weighted by molar-refractivity contribution is 5.59. The Bertz CT molecular complexity index is 243. The molecular weight excluding hydrogens is 252 g/mol. The molecule has 0 radical (unpaired) electrons. The molecule has 0 spiro atoms. The van der Waals surface area contributed by atoms with Crippen LogP contribution in [0.15, 0.2) is 0 Å². The zero-order valence-electron chi connectivity index (χ0n) is 14.4. The van der Waals surface area contributed by atoms with Crippen molar-refractivity contribution in [2.75, 3.05) is 13.2 Å². The van der Waals surface area contributed by atoms with Crippen molar-refractivity contribution in [1.82, 2.24) is 0 Å². The zero-order valence-corrected chi connectivity index (χ0v) is 14.4. The lowest BCUT2D eigenvalue weighted by molar-refractivity contribution is 0.00701. The first-order valence-electron chi connectivity index (χ1n) is 8.02. The minimum absolute atomic E-state index is 0.0345. The van der Waals surface area contributed by atoms with E-state index in [4.69, 9.17) is 9.47 Å². The third-order valence-corrected chi connectivity index (χ3v) is 3.58. The molecule has 0 aliphatic heterocycles. The average Bonchev–Trinajstić information content (AvgIpc) is 2.39. The average molecular weight is 286 g/mol. The van der Waals surface area contributed by atoms with Gasteiger partial charge in [-0.1, -0.05) is 67.2 Å². The molecule has 0 unspecified atom stereocenters. The maximum atomic E-state index is 11.6. The summed E-state index contributed by atoms with van der Waals surface area (Å²) in [7, 11) is 0. The molecule has 120 valence electrons. The molecule has 0 aliphatic rings. The molecule has 0 saturated heterocycles. The van der Waals surface area contributed by atoms with E-state index in [0.29, 0.717) is 13.2 Å². The van der Waals surface area contributed by atoms with Crippen molar-refractivity contribution in [3.05, 3.63) is 0 Å². The fourth-order valence-electron chi connectivity index (χ4n) is 2.01. The van der Waals surface area contributed by atoms with E-state index in [1.165, 1.54) is 12.8 Å². The monoisotopic (exact) mass is 286 g/mol. The lowest BCUT2D eigenvalue weighted by Crippen LogP contribution is -2.26. The smallest absolute Gasteiger partial charge is 0.434 e. The van der Waals surface area contributed by atoms with Crippen molar-refractivity contribution < 1.29 is 14.3 Å². The second-order valence-electron chi connectivity index (χ2n) is 7.36. The molecule has 3 nitrogen and oxygen atoms in total. The summed E-state index contributed by atoms with van der Waals surface area (Å²) in [6.07, 6.45) is 6.26. The van der Waals surface area contributed by atoms with Gasteiger partial charge in [-0.15, -0.1) is 0 Å². The Morgan fingerprint density at radius 3 is 1.45 bits per heavy atom. The molecule has 0 aromatic carbocycles. The Hall–Kier alpha value is -0.730. The van der Waals surface area contributed by atoms with Gasteiger partial charge in [0.15, 0.2) is 0 Å². The van der Waals surface area contributed by atoms with Crippen LogP contribution < -0.4 is 0 Å². The van der Waals surface area contributed by atoms with E-state index in [1.807, 2.05) is 0 Å². The van der Waals surface area contributed by atoms with E-state index >= 15 is 0 Å². The highest BCUT2D eigenvalue weighted by atomic mass is 16.7. The van der Waals surface area contributed by atoms with E-state index in [-0.39, 0.29) is 10.8 Å². The summed E-state index contributed by atoms with van der Waals surface area (Å²) in [4.78, 5) is 11.6. The first-order chi connectivity index (χ1) is 9.22. The highest BCUT2D eigenvalue weighted by Crippen LogP contribution is 2.25. The molecule has 0 atom stereocenters. The van der Waals surface area contributed by atoms with Crippen molar-refractivity contribution in [2.45, 2.75) is 80.1 Å². The second kappa shape index (κ2) is 9.25. The van der Waals surface area contributed by atoms with Crippen molar-refractivity contribution in [1.29, 1.82) is 0 Å². The van der Waals surface area contributed by atoms with Gasteiger partial charge in [0.2, 0.25) is 0 Å². The van der Waals surface area contributed by atoms with Gasteiger partial charge in [0.1, 0.15) is 13.2 Å². The molecule has 0 rings (SSSR count). The van der Waals surface area contributed by atoms with Gasteiger partial charge < -0.3 is 9.47 Å². The first kappa shape index (κ1) is 19.3. The van der Waals surface area contributed by atoms with Gasteiger partial charge in [0.25, 0.3) is 0 Å². The maximum absolute atomic E-state index is 11.6. The number of carbonyl (C=O) groups is 1. The predicted octanol–water partition coefficient (Wildman–Crippen LogP) is 5.57. The first-order valence-corrected chi connectivity index (χ1v) is 8.02. The number of hydrogen-bond acceptors (Lipinski definition) is 3. The number of carbonyl (C=O) groups excluding carboxylic acids is 1. The van der Waals surface area contributed by atoms with Crippen LogP contribution in [-0.2, 0) is 9.47 Å². The predicted molar refractivity (Wildman–Crippen MR) is 83.9 cm³/mol. The standard InChI is InChI=1S/C17H34O3/c1-7-9-11-16(3,4)13-19-15(18)20-14-17(5,6)12-10-8-2/h7-14H2,1-6H3. The number of unbranched alkanes of at least 4 members (excludes halogenated alkanes) is 2. The maximum Gasteiger partial charge on any atom is 0.508 e. The quantitative estimate of drug-likeness (QED) is 0.492. The molecule has 0 aromatic rings. The normalized spacial score (nSPS) is 12.3. The lowest BCUT2D eigenvalue weighted by atomic mass is 9.88. The second-order valence-corrected chi connectivity index (χ2v) is 7.36. The fourth-order valence-corrected chi connectivity index (χ4v) is 2.01. The van der Waals surface area contributed by atoms with Gasteiger partial charge in [0.05, 0.1) is 0 Å². The Labute approximate surface area is 125 Å². The molecule has 0 fully saturated rings. The van der Waals surface area contributed by atoms with Crippen molar-refractivity contribution in [3.8, 4) is 0 Å². The number of hydrogen-bond donors (Lipinski definition) is 0. The summed E-state index contributed by atoms with van der Waals surface area (Å²) in [5.41, 5.74) is 0.0690. The molecule has 0 N–H and O–H groups in total. The third kappa shape index (κ3) is 10.1. The molecule has 3 heteroatoms. The minimum atomic E-state index is -0.529.